The lowest BCUT2D eigenvalue weighted by Gasteiger charge is -2.23. The normalized spacial score (nSPS) is 11.2. The average molecular weight is 321 g/mol. The minimum Gasteiger partial charge on any atom is -0.496 e. The van der Waals surface area contributed by atoms with E-state index in [1.54, 1.807) is 21.0 Å². The van der Waals surface area contributed by atoms with Crippen LogP contribution in [0.3, 0.4) is 0 Å². The van der Waals surface area contributed by atoms with E-state index in [2.05, 4.69) is 10.6 Å². The molecule has 0 aliphatic heterocycles. The molecule has 1 rings (SSSR count). The Bertz CT molecular complexity index is 542. The Morgan fingerprint density at radius 1 is 1.13 bits per heavy atom. The minimum atomic E-state index is -1.13. The standard InChI is InChI=1S/C17H27N3O3/c1-17(2,15(21)18-10-11-20(3)4)16(22)19-12-13-8-6-7-9-14(13)23-5/h6-9H,10-12H2,1-5H3,(H,18,21)(H,19,22). The molecule has 2 N–H and O–H groups in total. The van der Waals surface area contributed by atoms with E-state index in [1.807, 2.05) is 43.3 Å². The summed E-state index contributed by atoms with van der Waals surface area (Å²) in [4.78, 5) is 26.5. The van der Waals surface area contributed by atoms with Crippen LogP contribution in [0.4, 0.5) is 0 Å². The van der Waals surface area contributed by atoms with Crippen LogP contribution in [0.2, 0.25) is 0 Å². The molecule has 0 spiro atoms. The molecule has 0 unspecified atom stereocenters. The van der Waals surface area contributed by atoms with Crippen LogP contribution in [-0.2, 0) is 16.1 Å². The van der Waals surface area contributed by atoms with Crippen LogP contribution in [0, 0.1) is 5.41 Å². The zero-order chi connectivity index (χ0) is 17.5. The highest BCUT2D eigenvalue weighted by Crippen LogP contribution is 2.19. The van der Waals surface area contributed by atoms with Gasteiger partial charge in [0.05, 0.1) is 7.11 Å². The Balaban J connectivity index is 2.59. The number of benzene rings is 1. The van der Waals surface area contributed by atoms with E-state index < -0.39 is 5.41 Å². The van der Waals surface area contributed by atoms with Gasteiger partial charge < -0.3 is 20.3 Å². The van der Waals surface area contributed by atoms with Crippen LogP contribution in [0.15, 0.2) is 24.3 Å². The van der Waals surface area contributed by atoms with Crippen LogP contribution in [0.1, 0.15) is 19.4 Å². The zero-order valence-corrected chi connectivity index (χ0v) is 14.6. The molecule has 1 aromatic rings. The van der Waals surface area contributed by atoms with Gasteiger partial charge in [0.25, 0.3) is 0 Å². The average Bonchev–Trinajstić information content (AvgIpc) is 2.52. The van der Waals surface area contributed by atoms with E-state index >= 15 is 0 Å². The molecule has 0 aliphatic carbocycles. The summed E-state index contributed by atoms with van der Waals surface area (Å²) >= 11 is 0. The molecule has 0 aliphatic rings. The van der Waals surface area contributed by atoms with Gasteiger partial charge in [0.2, 0.25) is 11.8 Å². The van der Waals surface area contributed by atoms with Gasteiger partial charge in [0, 0.05) is 25.2 Å². The number of ether oxygens (including phenoxy) is 1. The first-order valence-electron chi connectivity index (χ1n) is 7.62. The number of rotatable bonds is 8. The van der Waals surface area contributed by atoms with E-state index in [9.17, 15) is 9.59 Å². The van der Waals surface area contributed by atoms with Crippen molar-refractivity contribution < 1.29 is 14.3 Å². The molecule has 0 saturated carbocycles. The van der Waals surface area contributed by atoms with Gasteiger partial charge in [-0.1, -0.05) is 18.2 Å². The number of hydrogen-bond donors (Lipinski definition) is 2. The van der Waals surface area contributed by atoms with Crippen molar-refractivity contribution in [3.8, 4) is 5.75 Å². The number of para-hydroxylation sites is 1. The lowest BCUT2D eigenvalue weighted by atomic mass is 9.91. The van der Waals surface area contributed by atoms with Crippen molar-refractivity contribution in [2.75, 3.05) is 34.3 Å². The quantitative estimate of drug-likeness (QED) is 0.701. The summed E-state index contributed by atoms with van der Waals surface area (Å²) in [7, 11) is 5.44. The van der Waals surface area contributed by atoms with Gasteiger partial charge in [-0.15, -0.1) is 0 Å². The molecular formula is C17H27N3O3. The van der Waals surface area contributed by atoms with Crippen molar-refractivity contribution in [2.45, 2.75) is 20.4 Å². The maximum atomic E-state index is 12.4. The van der Waals surface area contributed by atoms with Gasteiger partial charge >= 0.3 is 0 Å². The zero-order valence-electron chi connectivity index (χ0n) is 14.6. The second-order valence-electron chi connectivity index (χ2n) is 6.18. The second-order valence-corrected chi connectivity index (χ2v) is 6.18. The van der Waals surface area contributed by atoms with Gasteiger partial charge in [-0.3, -0.25) is 9.59 Å². The molecule has 6 nitrogen and oxygen atoms in total. The molecular weight excluding hydrogens is 294 g/mol. The summed E-state index contributed by atoms with van der Waals surface area (Å²) in [6.07, 6.45) is 0. The van der Waals surface area contributed by atoms with Crippen LogP contribution in [-0.4, -0.2) is 51.0 Å². The first-order valence-corrected chi connectivity index (χ1v) is 7.62. The van der Waals surface area contributed by atoms with Gasteiger partial charge in [-0.2, -0.15) is 0 Å². The Morgan fingerprint density at radius 2 is 1.74 bits per heavy atom. The maximum absolute atomic E-state index is 12.4. The number of carbonyl (C=O) groups is 2. The van der Waals surface area contributed by atoms with Crippen molar-refractivity contribution in [3.05, 3.63) is 29.8 Å². The SMILES string of the molecule is COc1ccccc1CNC(=O)C(C)(C)C(=O)NCCN(C)C. The smallest absolute Gasteiger partial charge is 0.235 e. The van der Waals surface area contributed by atoms with Gasteiger partial charge in [0.15, 0.2) is 0 Å². The number of methoxy groups -OCH3 is 1. The number of hydrogen-bond acceptors (Lipinski definition) is 4. The Hall–Kier alpha value is -2.08. The maximum Gasteiger partial charge on any atom is 0.235 e. The van der Waals surface area contributed by atoms with Crippen LogP contribution in [0.5, 0.6) is 5.75 Å². The highest BCUT2D eigenvalue weighted by molar-refractivity contribution is 6.04. The van der Waals surface area contributed by atoms with Gasteiger partial charge in [-0.25, -0.2) is 0 Å². The van der Waals surface area contributed by atoms with Gasteiger partial charge in [0.1, 0.15) is 11.2 Å². The Labute approximate surface area is 138 Å². The summed E-state index contributed by atoms with van der Waals surface area (Å²) in [5.41, 5.74) is -0.263. The minimum absolute atomic E-state index is 0.281. The highest BCUT2D eigenvalue weighted by Gasteiger charge is 2.35. The Kier molecular flexibility index (Phi) is 7.03. The molecule has 23 heavy (non-hydrogen) atoms. The first-order chi connectivity index (χ1) is 10.8. The van der Waals surface area contributed by atoms with E-state index in [4.69, 9.17) is 4.74 Å². The molecule has 0 bridgehead atoms. The monoisotopic (exact) mass is 321 g/mol. The molecule has 2 amide bonds. The summed E-state index contributed by atoms with van der Waals surface area (Å²) in [6, 6.07) is 7.46. The molecule has 0 aromatic heterocycles. The predicted octanol–water partition coefficient (Wildman–Crippen LogP) is 1.02. The van der Waals surface area contributed by atoms with E-state index in [1.165, 1.54) is 0 Å². The summed E-state index contributed by atoms with van der Waals surface area (Å²) in [5, 5.41) is 5.59. The number of likely N-dealkylation sites (N-methyl/N-ethyl adjacent to an activating group) is 1. The van der Waals surface area contributed by atoms with E-state index in [0.29, 0.717) is 18.8 Å². The lowest BCUT2D eigenvalue weighted by molar-refractivity contribution is -0.141. The van der Waals surface area contributed by atoms with E-state index in [0.717, 1.165) is 12.1 Å². The molecule has 0 radical (unpaired) electrons. The lowest BCUT2D eigenvalue weighted by Crippen LogP contribution is -2.48. The molecule has 0 fully saturated rings. The second kappa shape index (κ2) is 8.53. The largest absolute Gasteiger partial charge is 0.496 e. The predicted molar refractivity (Wildman–Crippen MR) is 90.2 cm³/mol. The van der Waals surface area contributed by atoms with E-state index in [-0.39, 0.29) is 11.8 Å². The fourth-order valence-electron chi connectivity index (χ4n) is 1.96. The fourth-order valence-corrected chi connectivity index (χ4v) is 1.96. The van der Waals surface area contributed by atoms with Crippen LogP contribution < -0.4 is 15.4 Å². The Morgan fingerprint density at radius 3 is 2.35 bits per heavy atom. The number of nitrogens with one attached hydrogen (secondary N) is 2. The number of carbonyl (C=O) groups excluding carboxylic acids is 2. The van der Waals surface area contributed by atoms with Gasteiger partial charge in [-0.05, 0) is 34.0 Å². The molecule has 0 saturated heterocycles. The van der Waals surface area contributed by atoms with Crippen LogP contribution >= 0.6 is 0 Å². The molecule has 128 valence electrons. The third kappa shape index (κ3) is 5.56. The summed E-state index contributed by atoms with van der Waals surface area (Å²) < 4.78 is 5.25. The topological polar surface area (TPSA) is 70.7 Å². The number of nitrogens with zero attached hydrogens (tertiary/aromatic N) is 1. The molecule has 6 heteroatoms. The molecule has 1 aromatic carbocycles. The molecule has 0 heterocycles. The van der Waals surface area contributed by atoms with Crippen molar-refractivity contribution in [3.63, 3.8) is 0 Å². The third-order valence-electron chi connectivity index (χ3n) is 3.61. The summed E-state index contributed by atoms with van der Waals surface area (Å²) in [6.45, 7) is 4.79. The van der Waals surface area contributed by atoms with Crippen molar-refractivity contribution >= 4 is 11.8 Å². The third-order valence-corrected chi connectivity index (χ3v) is 3.61. The summed E-state index contributed by atoms with van der Waals surface area (Å²) in [5.74, 6) is 0.115. The number of amides is 2. The van der Waals surface area contributed by atoms with Crippen molar-refractivity contribution in [1.29, 1.82) is 0 Å². The van der Waals surface area contributed by atoms with Crippen LogP contribution in [0.25, 0.3) is 0 Å². The first kappa shape index (κ1) is 19.0. The van der Waals surface area contributed by atoms with Crippen molar-refractivity contribution in [2.24, 2.45) is 5.41 Å². The highest BCUT2D eigenvalue weighted by atomic mass is 16.5. The molecule has 0 atom stereocenters. The van der Waals surface area contributed by atoms with Crippen molar-refractivity contribution in [1.82, 2.24) is 15.5 Å². The fraction of sp³-hybridized carbons (Fsp3) is 0.529.